The van der Waals surface area contributed by atoms with Gasteiger partial charge in [-0.1, -0.05) is 26.7 Å². The molecule has 2 atom stereocenters. The Hall–Kier alpha value is -0.480. The highest BCUT2D eigenvalue weighted by Crippen LogP contribution is 2.23. The maximum atomic E-state index is 9.30. The van der Waals surface area contributed by atoms with Crippen LogP contribution in [0.25, 0.3) is 0 Å². The molecule has 0 aliphatic carbocycles. The van der Waals surface area contributed by atoms with Crippen LogP contribution in [0.1, 0.15) is 53.4 Å². The molecule has 0 aromatic heterocycles. The molecule has 0 saturated heterocycles. The van der Waals surface area contributed by atoms with Crippen LogP contribution >= 0.6 is 0 Å². The van der Waals surface area contributed by atoms with E-state index in [1.54, 1.807) is 0 Å². The smallest absolute Gasteiger partial charge is 0.102 e. The number of nitrogens with zero attached hydrogens (tertiary/aromatic N) is 2. The second-order valence-electron chi connectivity index (χ2n) is 5.01. The van der Waals surface area contributed by atoms with Crippen LogP contribution in [-0.2, 0) is 0 Å². The Morgan fingerprint density at radius 2 is 1.12 bits per heavy atom. The summed E-state index contributed by atoms with van der Waals surface area (Å²) in [5.74, 6) is 0. The van der Waals surface area contributed by atoms with Gasteiger partial charge in [-0.3, -0.25) is 0 Å². The first-order valence-electron chi connectivity index (χ1n) is 6.11. The van der Waals surface area contributed by atoms with Crippen molar-refractivity contribution in [1.29, 1.82) is 0 Å². The van der Waals surface area contributed by atoms with Crippen LogP contribution in [0.3, 0.4) is 0 Å². The minimum atomic E-state index is -0.501. The second-order valence-corrected chi connectivity index (χ2v) is 5.01. The number of rotatable bonds is 8. The molecule has 0 fully saturated rings. The van der Waals surface area contributed by atoms with Crippen LogP contribution in [0.15, 0.2) is 10.2 Å². The van der Waals surface area contributed by atoms with Gasteiger partial charge in [-0.15, -0.1) is 0 Å². The average molecular weight is 230 g/mol. The lowest BCUT2D eigenvalue weighted by atomic mass is 9.97. The zero-order chi connectivity index (χ0) is 12.7. The molecule has 0 heterocycles. The van der Waals surface area contributed by atoms with Crippen molar-refractivity contribution in [2.24, 2.45) is 10.2 Å². The molecule has 4 heteroatoms. The predicted octanol–water partition coefficient (Wildman–Crippen LogP) is 2.54. The van der Waals surface area contributed by atoms with E-state index in [2.05, 4.69) is 24.1 Å². The summed E-state index contributed by atoms with van der Waals surface area (Å²) in [6.07, 6.45) is 3.53. The molecule has 0 spiro atoms. The van der Waals surface area contributed by atoms with Gasteiger partial charge in [0, 0.05) is 0 Å². The lowest BCUT2D eigenvalue weighted by Crippen LogP contribution is -2.31. The SMILES string of the molecule is CCCC(C)(CO)N=NC(C)(CO)CCC. The van der Waals surface area contributed by atoms with Crippen molar-refractivity contribution in [1.82, 2.24) is 0 Å². The van der Waals surface area contributed by atoms with Crippen LogP contribution in [0.2, 0.25) is 0 Å². The molecular weight excluding hydrogens is 204 g/mol. The van der Waals surface area contributed by atoms with Gasteiger partial charge in [-0.25, -0.2) is 0 Å². The number of azo groups is 1. The first-order valence-corrected chi connectivity index (χ1v) is 6.11. The first-order chi connectivity index (χ1) is 7.45. The van der Waals surface area contributed by atoms with Crippen LogP contribution in [0, 0.1) is 0 Å². The van der Waals surface area contributed by atoms with Gasteiger partial charge < -0.3 is 10.2 Å². The largest absolute Gasteiger partial charge is 0.394 e. The highest BCUT2D eigenvalue weighted by atomic mass is 16.3. The third kappa shape index (κ3) is 5.03. The van der Waals surface area contributed by atoms with Crippen LogP contribution in [0.4, 0.5) is 0 Å². The van der Waals surface area contributed by atoms with Crippen LogP contribution in [-0.4, -0.2) is 34.5 Å². The number of aliphatic hydroxyl groups excluding tert-OH is 2. The molecule has 0 aromatic rings. The lowest BCUT2D eigenvalue weighted by molar-refractivity contribution is 0.168. The van der Waals surface area contributed by atoms with E-state index in [9.17, 15) is 10.2 Å². The number of aliphatic hydroxyl groups is 2. The van der Waals surface area contributed by atoms with E-state index in [1.807, 2.05) is 13.8 Å². The fourth-order valence-electron chi connectivity index (χ4n) is 1.64. The van der Waals surface area contributed by atoms with Gasteiger partial charge in [0.25, 0.3) is 0 Å². The second kappa shape index (κ2) is 6.97. The van der Waals surface area contributed by atoms with Gasteiger partial charge in [0.05, 0.1) is 13.2 Å². The molecule has 96 valence electrons. The van der Waals surface area contributed by atoms with E-state index in [0.29, 0.717) is 0 Å². The minimum Gasteiger partial charge on any atom is -0.394 e. The number of hydrogen-bond donors (Lipinski definition) is 2. The van der Waals surface area contributed by atoms with Crippen LogP contribution in [0.5, 0.6) is 0 Å². The Bertz CT molecular complexity index is 199. The van der Waals surface area contributed by atoms with E-state index in [-0.39, 0.29) is 13.2 Å². The number of hydrogen-bond acceptors (Lipinski definition) is 4. The molecule has 4 nitrogen and oxygen atoms in total. The highest BCUT2D eigenvalue weighted by Gasteiger charge is 2.26. The Balaban J connectivity index is 4.63. The summed E-state index contributed by atoms with van der Waals surface area (Å²) >= 11 is 0. The van der Waals surface area contributed by atoms with Gasteiger partial charge in [0.2, 0.25) is 0 Å². The molecule has 0 bridgehead atoms. The van der Waals surface area contributed by atoms with Gasteiger partial charge in [-0.2, -0.15) is 10.2 Å². The summed E-state index contributed by atoms with van der Waals surface area (Å²) in [6, 6.07) is 0. The fourth-order valence-corrected chi connectivity index (χ4v) is 1.64. The molecule has 0 aliphatic rings. The van der Waals surface area contributed by atoms with E-state index < -0.39 is 11.1 Å². The van der Waals surface area contributed by atoms with E-state index in [0.717, 1.165) is 25.7 Å². The quantitative estimate of drug-likeness (QED) is 0.629. The van der Waals surface area contributed by atoms with E-state index in [1.165, 1.54) is 0 Å². The van der Waals surface area contributed by atoms with Crippen molar-refractivity contribution in [3.8, 4) is 0 Å². The molecule has 0 aliphatic heterocycles. The van der Waals surface area contributed by atoms with Crippen molar-refractivity contribution in [3.63, 3.8) is 0 Å². The Morgan fingerprint density at radius 1 is 0.812 bits per heavy atom. The fraction of sp³-hybridized carbons (Fsp3) is 1.00. The standard InChI is InChI=1S/C12H26N2O2/c1-5-7-11(3,9-15)13-14-12(4,10-16)8-6-2/h15-16H,5-10H2,1-4H3. The van der Waals surface area contributed by atoms with E-state index in [4.69, 9.17) is 0 Å². The average Bonchev–Trinajstić information content (AvgIpc) is 2.27. The van der Waals surface area contributed by atoms with E-state index >= 15 is 0 Å². The van der Waals surface area contributed by atoms with Gasteiger partial charge in [-0.05, 0) is 26.7 Å². The summed E-state index contributed by atoms with van der Waals surface area (Å²) in [7, 11) is 0. The zero-order valence-corrected chi connectivity index (χ0v) is 11.0. The van der Waals surface area contributed by atoms with Crippen LogP contribution < -0.4 is 0 Å². The summed E-state index contributed by atoms with van der Waals surface area (Å²) in [5.41, 5.74) is -1.00. The summed E-state index contributed by atoms with van der Waals surface area (Å²) < 4.78 is 0. The maximum absolute atomic E-state index is 9.30. The Labute approximate surface area is 98.8 Å². The topological polar surface area (TPSA) is 65.2 Å². The Morgan fingerprint density at radius 3 is 1.31 bits per heavy atom. The third-order valence-electron chi connectivity index (χ3n) is 2.79. The summed E-state index contributed by atoms with van der Waals surface area (Å²) in [4.78, 5) is 0. The maximum Gasteiger partial charge on any atom is 0.102 e. The molecule has 0 rings (SSSR count). The molecule has 0 amide bonds. The first kappa shape index (κ1) is 15.5. The molecule has 0 saturated carbocycles. The molecule has 16 heavy (non-hydrogen) atoms. The summed E-state index contributed by atoms with van der Waals surface area (Å²) in [5, 5.41) is 27.1. The van der Waals surface area contributed by atoms with Gasteiger partial charge in [0.1, 0.15) is 11.1 Å². The predicted molar refractivity (Wildman–Crippen MR) is 65.7 cm³/mol. The highest BCUT2D eigenvalue weighted by molar-refractivity contribution is 4.85. The van der Waals surface area contributed by atoms with Crippen molar-refractivity contribution < 1.29 is 10.2 Å². The normalized spacial score (nSPS) is 19.6. The molecule has 0 radical (unpaired) electrons. The van der Waals surface area contributed by atoms with Gasteiger partial charge in [0.15, 0.2) is 0 Å². The van der Waals surface area contributed by atoms with Gasteiger partial charge >= 0.3 is 0 Å². The molecular formula is C12H26N2O2. The van der Waals surface area contributed by atoms with Crippen molar-refractivity contribution in [2.75, 3.05) is 13.2 Å². The zero-order valence-electron chi connectivity index (χ0n) is 11.0. The molecule has 2 unspecified atom stereocenters. The monoisotopic (exact) mass is 230 g/mol. The third-order valence-corrected chi connectivity index (χ3v) is 2.79. The van der Waals surface area contributed by atoms with Crippen molar-refractivity contribution in [3.05, 3.63) is 0 Å². The van der Waals surface area contributed by atoms with Crippen molar-refractivity contribution in [2.45, 2.75) is 64.5 Å². The Kier molecular flexibility index (Phi) is 6.76. The summed E-state index contributed by atoms with van der Waals surface area (Å²) in [6.45, 7) is 7.89. The molecule has 2 N–H and O–H groups in total. The lowest BCUT2D eigenvalue weighted by Gasteiger charge is -2.25. The van der Waals surface area contributed by atoms with Crippen molar-refractivity contribution >= 4 is 0 Å². The molecule has 0 aromatic carbocycles. The minimum absolute atomic E-state index is 0.00201.